The first kappa shape index (κ1) is 16.7. The first-order valence-corrected chi connectivity index (χ1v) is 10.2. The third-order valence-corrected chi connectivity index (χ3v) is 6.87. The molecule has 2 aromatic rings. The summed E-state index contributed by atoms with van der Waals surface area (Å²) in [6, 6.07) is 12.6. The standard InChI is InChI=1S/C18H23NO2S2/c1-14-5-6-17(22-14)12-19-16-4-2-3-15(11-16)13-23(20)18-7-9-21-10-8-18/h2-6,11,18-19H,7-10,12-13H2,1H3/t23-/m1/s1. The number of thiophene rings is 1. The predicted molar refractivity (Wildman–Crippen MR) is 98.5 cm³/mol. The van der Waals surface area contributed by atoms with E-state index < -0.39 is 10.8 Å². The van der Waals surface area contributed by atoms with Crippen LogP contribution in [0.3, 0.4) is 0 Å². The van der Waals surface area contributed by atoms with Gasteiger partial charge in [0, 0.05) is 57.0 Å². The minimum absolute atomic E-state index is 0.287. The lowest BCUT2D eigenvalue weighted by Crippen LogP contribution is -2.25. The molecule has 1 aliphatic heterocycles. The largest absolute Gasteiger partial charge is 0.381 e. The summed E-state index contributed by atoms with van der Waals surface area (Å²) in [5, 5.41) is 3.75. The van der Waals surface area contributed by atoms with Crippen LogP contribution in [0.15, 0.2) is 36.4 Å². The van der Waals surface area contributed by atoms with Crippen molar-refractivity contribution in [3.05, 3.63) is 51.7 Å². The summed E-state index contributed by atoms with van der Waals surface area (Å²) >= 11 is 1.82. The lowest BCUT2D eigenvalue weighted by molar-refractivity contribution is 0.0992. The highest BCUT2D eigenvalue weighted by molar-refractivity contribution is 7.84. The van der Waals surface area contributed by atoms with Gasteiger partial charge in [-0.05, 0) is 49.6 Å². The third-order valence-electron chi connectivity index (χ3n) is 4.04. The lowest BCUT2D eigenvalue weighted by atomic mass is 10.2. The summed E-state index contributed by atoms with van der Waals surface area (Å²) in [7, 11) is -0.808. The van der Waals surface area contributed by atoms with E-state index in [1.165, 1.54) is 9.75 Å². The van der Waals surface area contributed by atoms with Gasteiger partial charge in [0.05, 0.1) is 0 Å². The molecule has 0 unspecified atom stereocenters. The Morgan fingerprint density at radius 1 is 1.26 bits per heavy atom. The number of anilines is 1. The summed E-state index contributed by atoms with van der Waals surface area (Å²) in [6.07, 6.45) is 1.84. The number of nitrogens with one attached hydrogen (secondary N) is 1. The zero-order valence-corrected chi connectivity index (χ0v) is 15.1. The third kappa shape index (κ3) is 4.90. The maximum Gasteiger partial charge on any atom is 0.0494 e. The van der Waals surface area contributed by atoms with E-state index in [0.29, 0.717) is 5.75 Å². The van der Waals surface area contributed by atoms with Crippen molar-refractivity contribution in [2.75, 3.05) is 18.5 Å². The van der Waals surface area contributed by atoms with Gasteiger partial charge in [0.2, 0.25) is 0 Å². The van der Waals surface area contributed by atoms with Crippen molar-refractivity contribution in [1.29, 1.82) is 0 Å². The zero-order chi connectivity index (χ0) is 16.1. The molecule has 0 spiro atoms. The van der Waals surface area contributed by atoms with Crippen LogP contribution in [0.5, 0.6) is 0 Å². The maximum atomic E-state index is 12.5. The number of ether oxygens (including phenoxy) is 1. The average Bonchev–Trinajstić information content (AvgIpc) is 3.00. The minimum atomic E-state index is -0.808. The van der Waals surface area contributed by atoms with Crippen LogP contribution in [0.4, 0.5) is 5.69 Å². The first-order chi connectivity index (χ1) is 11.2. The van der Waals surface area contributed by atoms with Crippen molar-refractivity contribution in [2.45, 2.75) is 37.3 Å². The second-order valence-electron chi connectivity index (χ2n) is 5.90. The molecule has 1 aromatic carbocycles. The molecular weight excluding hydrogens is 326 g/mol. The van der Waals surface area contributed by atoms with Gasteiger partial charge in [0.15, 0.2) is 0 Å². The first-order valence-electron chi connectivity index (χ1n) is 8.04. The Balaban J connectivity index is 1.57. The molecule has 1 N–H and O–H groups in total. The Bertz CT molecular complexity index is 663. The van der Waals surface area contributed by atoms with E-state index in [1.807, 2.05) is 17.4 Å². The summed E-state index contributed by atoms with van der Waals surface area (Å²) in [5.74, 6) is 0.637. The van der Waals surface area contributed by atoms with Crippen molar-refractivity contribution >= 4 is 27.8 Å². The Morgan fingerprint density at radius 3 is 2.83 bits per heavy atom. The Hall–Kier alpha value is -1.17. The van der Waals surface area contributed by atoms with Crippen LogP contribution in [0, 0.1) is 6.92 Å². The molecule has 1 atom stereocenters. The molecule has 0 bridgehead atoms. The molecule has 124 valence electrons. The normalized spacial score (nSPS) is 17.1. The van der Waals surface area contributed by atoms with E-state index in [-0.39, 0.29) is 5.25 Å². The fourth-order valence-corrected chi connectivity index (χ4v) is 5.05. The molecular formula is C18H23NO2S2. The van der Waals surface area contributed by atoms with Crippen LogP contribution in [-0.2, 0) is 27.8 Å². The van der Waals surface area contributed by atoms with Crippen LogP contribution in [0.2, 0.25) is 0 Å². The van der Waals surface area contributed by atoms with Gasteiger partial charge in [-0.3, -0.25) is 4.21 Å². The Kier molecular flexibility index (Phi) is 5.86. The average molecular weight is 350 g/mol. The van der Waals surface area contributed by atoms with E-state index >= 15 is 0 Å². The number of rotatable bonds is 6. The maximum absolute atomic E-state index is 12.5. The molecule has 0 radical (unpaired) electrons. The van der Waals surface area contributed by atoms with Crippen molar-refractivity contribution in [2.24, 2.45) is 0 Å². The highest BCUT2D eigenvalue weighted by Crippen LogP contribution is 2.20. The molecule has 0 saturated carbocycles. The second-order valence-corrected chi connectivity index (χ2v) is 8.99. The highest BCUT2D eigenvalue weighted by atomic mass is 32.2. The monoisotopic (exact) mass is 349 g/mol. The van der Waals surface area contributed by atoms with E-state index in [2.05, 4.69) is 42.6 Å². The molecule has 0 aliphatic carbocycles. The molecule has 23 heavy (non-hydrogen) atoms. The number of hydrogen-bond donors (Lipinski definition) is 1. The van der Waals surface area contributed by atoms with Gasteiger partial charge >= 0.3 is 0 Å². The molecule has 1 fully saturated rings. The van der Waals surface area contributed by atoms with Crippen molar-refractivity contribution in [3.63, 3.8) is 0 Å². The summed E-state index contributed by atoms with van der Waals surface area (Å²) in [5.41, 5.74) is 2.24. The van der Waals surface area contributed by atoms with Crippen LogP contribution in [0.1, 0.15) is 28.2 Å². The molecule has 1 saturated heterocycles. The number of aryl methyl sites for hydroxylation is 1. The van der Waals surface area contributed by atoms with Crippen LogP contribution in [0.25, 0.3) is 0 Å². The van der Waals surface area contributed by atoms with Crippen molar-refractivity contribution in [1.82, 2.24) is 0 Å². The van der Waals surface area contributed by atoms with Crippen LogP contribution >= 0.6 is 11.3 Å². The zero-order valence-electron chi connectivity index (χ0n) is 13.4. The summed E-state index contributed by atoms with van der Waals surface area (Å²) in [6.45, 7) is 4.46. The molecule has 2 heterocycles. The van der Waals surface area contributed by atoms with Crippen LogP contribution in [-0.4, -0.2) is 22.7 Å². The topological polar surface area (TPSA) is 38.3 Å². The van der Waals surface area contributed by atoms with E-state index in [4.69, 9.17) is 4.74 Å². The predicted octanol–water partition coefficient (Wildman–Crippen LogP) is 4.10. The van der Waals surface area contributed by atoms with Gasteiger partial charge in [-0.15, -0.1) is 11.3 Å². The second kappa shape index (κ2) is 8.08. The smallest absolute Gasteiger partial charge is 0.0494 e. The van der Waals surface area contributed by atoms with Crippen LogP contribution < -0.4 is 5.32 Å². The minimum Gasteiger partial charge on any atom is -0.381 e. The van der Waals surface area contributed by atoms with Crippen molar-refractivity contribution < 1.29 is 8.95 Å². The molecule has 1 aliphatic rings. The fraction of sp³-hybridized carbons (Fsp3) is 0.444. The van der Waals surface area contributed by atoms with Gasteiger partial charge in [-0.1, -0.05) is 12.1 Å². The van der Waals surface area contributed by atoms with Gasteiger partial charge < -0.3 is 10.1 Å². The fourth-order valence-electron chi connectivity index (χ4n) is 2.76. The molecule has 0 amide bonds. The van der Waals surface area contributed by atoms with Gasteiger partial charge in [0.1, 0.15) is 0 Å². The number of hydrogen-bond acceptors (Lipinski definition) is 4. The lowest BCUT2D eigenvalue weighted by Gasteiger charge is -2.21. The van der Waals surface area contributed by atoms with E-state index in [0.717, 1.165) is 43.9 Å². The van der Waals surface area contributed by atoms with Gasteiger partial charge in [0.25, 0.3) is 0 Å². The Morgan fingerprint density at radius 2 is 2.09 bits per heavy atom. The molecule has 1 aromatic heterocycles. The van der Waals surface area contributed by atoms with Gasteiger partial charge in [-0.2, -0.15) is 0 Å². The van der Waals surface area contributed by atoms with E-state index in [1.54, 1.807) is 0 Å². The Labute approximate surface area is 144 Å². The highest BCUT2D eigenvalue weighted by Gasteiger charge is 2.20. The molecule has 3 nitrogen and oxygen atoms in total. The number of benzene rings is 1. The SMILES string of the molecule is Cc1ccc(CNc2cccc(C[S@@](=O)C3CCOCC3)c2)s1. The van der Waals surface area contributed by atoms with E-state index in [9.17, 15) is 4.21 Å². The summed E-state index contributed by atoms with van der Waals surface area (Å²) in [4.78, 5) is 2.67. The summed E-state index contributed by atoms with van der Waals surface area (Å²) < 4.78 is 17.8. The van der Waals surface area contributed by atoms with Gasteiger partial charge in [-0.25, -0.2) is 0 Å². The quantitative estimate of drug-likeness (QED) is 0.853. The van der Waals surface area contributed by atoms with Crippen molar-refractivity contribution in [3.8, 4) is 0 Å². The molecule has 3 rings (SSSR count). The molecule has 5 heteroatoms.